The molecule has 1 aliphatic heterocycles. The summed E-state index contributed by atoms with van der Waals surface area (Å²) in [6, 6.07) is 0.731. The van der Waals surface area contributed by atoms with Crippen LogP contribution in [0.1, 0.15) is 33.6 Å². The van der Waals surface area contributed by atoms with Gasteiger partial charge in [0.15, 0.2) is 0 Å². The van der Waals surface area contributed by atoms with Crippen molar-refractivity contribution in [2.75, 3.05) is 5.75 Å². The molecule has 0 bridgehead atoms. The van der Waals surface area contributed by atoms with Crippen LogP contribution in [0, 0.1) is 5.92 Å². The molecule has 3 unspecified atom stereocenters. The van der Waals surface area contributed by atoms with Crippen molar-refractivity contribution in [3.63, 3.8) is 0 Å². The third-order valence-corrected chi connectivity index (χ3v) is 3.75. The van der Waals surface area contributed by atoms with Crippen molar-refractivity contribution in [2.24, 2.45) is 5.92 Å². The minimum absolute atomic E-state index is 0.731. The van der Waals surface area contributed by atoms with E-state index < -0.39 is 0 Å². The van der Waals surface area contributed by atoms with Crippen LogP contribution in [0.3, 0.4) is 0 Å². The Morgan fingerprint density at radius 1 is 1.64 bits per heavy atom. The van der Waals surface area contributed by atoms with Gasteiger partial charge in [0.25, 0.3) is 0 Å². The molecule has 0 radical (unpaired) electrons. The molecular formula is C9H19NS. The van der Waals surface area contributed by atoms with Crippen molar-refractivity contribution in [3.8, 4) is 0 Å². The lowest BCUT2D eigenvalue weighted by Gasteiger charge is -2.14. The molecule has 0 amide bonds. The second kappa shape index (κ2) is 4.36. The zero-order valence-corrected chi connectivity index (χ0v) is 8.58. The summed E-state index contributed by atoms with van der Waals surface area (Å²) in [6.07, 6.45) is 2.65. The van der Waals surface area contributed by atoms with Gasteiger partial charge < -0.3 is 5.32 Å². The van der Waals surface area contributed by atoms with Gasteiger partial charge in [0.1, 0.15) is 0 Å². The van der Waals surface area contributed by atoms with E-state index >= 15 is 0 Å². The second-order valence-corrected chi connectivity index (χ2v) is 4.87. The molecule has 0 aromatic heterocycles. The van der Waals surface area contributed by atoms with Crippen molar-refractivity contribution < 1.29 is 0 Å². The molecule has 11 heavy (non-hydrogen) atoms. The Hall–Kier alpha value is 0.310. The van der Waals surface area contributed by atoms with Crippen molar-refractivity contribution in [1.82, 2.24) is 5.32 Å². The predicted octanol–water partition coefficient (Wildman–Crippen LogP) is 2.47. The highest BCUT2D eigenvalue weighted by Gasteiger charge is 2.21. The molecule has 0 saturated carbocycles. The van der Waals surface area contributed by atoms with Crippen LogP contribution in [0.25, 0.3) is 0 Å². The molecule has 0 aromatic rings. The largest absolute Gasteiger partial charge is 0.302 e. The Bertz CT molecular complexity index is 116. The summed E-state index contributed by atoms with van der Waals surface area (Å²) in [5.74, 6) is 2.17. The highest BCUT2D eigenvalue weighted by molar-refractivity contribution is 8.00. The summed E-state index contributed by atoms with van der Waals surface area (Å²) in [5.41, 5.74) is 0. The number of nitrogens with one attached hydrogen (secondary N) is 1. The topological polar surface area (TPSA) is 12.0 Å². The minimum atomic E-state index is 0.731. The lowest BCUT2D eigenvalue weighted by molar-refractivity contribution is 0.461. The van der Waals surface area contributed by atoms with E-state index in [1.807, 2.05) is 0 Å². The molecule has 3 atom stereocenters. The highest BCUT2D eigenvalue weighted by atomic mass is 32.2. The summed E-state index contributed by atoms with van der Waals surface area (Å²) in [7, 11) is 0. The van der Waals surface area contributed by atoms with Crippen molar-refractivity contribution in [2.45, 2.75) is 45.0 Å². The molecule has 0 spiro atoms. The van der Waals surface area contributed by atoms with Crippen molar-refractivity contribution >= 4 is 11.8 Å². The lowest BCUT2D eigenvalue weighted by Crippen LogP contribution is -2.28. The number of hydrogen-bond acceptors (Lipinski definition) is 2. The van der Waals surface area contributed by atoms with Gasteiger partial charge in [-0.15, -0.1) is 11.8 Å². The quantitative estimate of drug-likeness (QED) is 0.703. The third kappa shape index (κ3) is 3.04. The first-order valence-electron chi connectivity index (χ1n) is 4.60. The van der Waals surface area contributed by atoms with Gasteiger partial charge >= 0.3 is 0 Å². The van der Waals surface area contributed by atoms with Gasteiger partial charge in [0.2, 0.25) is 0 Å². The molecular weight excluding hydrogens is 154 g/mol. The standard InChI is InChI=1S/C9H19NS/c1-4-7(2)5-9-10-8(3)6-11-9/h7-10H,4-6H2,1-3H3. The van der Waals surface area contributed by atoms with E-state index in [-0.39, 0.29) is 0 Å². The third-order valence-electron chi connectivity index (χ3n) is 2.33. The Kier molecular flexibility index (Phi) is 3.73. The minimum Gasteiger partial charge on any atom is -0.302 e. The fraction of sp³-hybridized carbons (Fsp3) is 1.00. The lowest BCUT2D eigenvalue weighted by atomic mass is 10.1. The SMILES string of the molecule is CCC(C)CC1NC(C)CS1. The Morgan fingerprint density at radius 3 is 2.82 bits per heavy atom. The zero-order valence-electron chi connectivity index (χ0n) is 7.76. The van der Waals surface area contributed by atoms with Crippen LogP contribution in [-0.4, -0.2) is 17.2 Å². The molecule has 1 fully saturated rings. The van der Waals surface area contributed by atoms with E-state index in [1.54, 1.807) is 0 Å². The van der Waals surface area contributed by atoms with Crippen LogP contribution in [-0.2, 0) is 0 Å². The zero-order chi connectivity index (χ0) is 8.27. The van der Waals surface area contributed by atoms with E-state index in [0.29, 0.717) is 0 Å². The fourth-order valence-electron chi connectivity index (χ4n) is 1.34. The number of rotatable bonds is 3. The fourth-order valence-corrected chi connectivity index (χ4v) is 2.75. The molecule has 1 rings (SSSR count). The Balaban J connectivity index is 2.17. The molecule has 0 aliphatic carbocycles. The molecule has 1 saturated heterocycles. The van der Waals surface area contributed by atoms with E-state index in [1.165, 1.54) is 18.6 Å². The van der Waals surface area contributed by atoms with E-state index in [9.17, 15) is 0 Å². The van der Waals surface area contributed by atoms with Crippen LogP contribution in [0.5, 0.6) is 0 Å². The first-order chi connectivity index (χ1) is 5.22. The van der Waals surface area contributed by atoms with Gasteiger partial charge in [-0.25, -0.2) is 0 Å². The van der Waals surface area contributed by atoms with Crippen LogP contribution in [0.2, 0.25) is 0 Å². The van der Waals surface area contributed by atoms with Crippen LogP contribution in [0.15, 0.2) is 0 Å². The summed E-state index contributed by atoms with van der Waals surface area (Å²) < 4.78 is 0. The van der Waals surface area contributed by atoms with Crippen LogP contribution < -0.4 is 5.32 Å². The van der Waals surface area contributed by atoms with Gasteiger partial charge in [0, 0.05) is 11.8 Å². The Labute approximate surface area is 74.3 Å². The molecule has 1 aliphatic rings. The maximum Gasteiger partial charge on any atom is 0.0537 e. The van der Waals surface area contributed by atoms with E-state index in [4.69, 9.17) is 0 Å². The average Bonchev–Trinajstić information content (AvgIpc) is 2.35. The smallest absolute Gasteiger partial charge is 0.0537 e. The van der Waals surface area contributed by atoms with Crippen LogP contribution in [0.4, 0.5) is 0 Å². The van der Waals surface area contributed by atoms with Gasteiger partial charge in [-0.1, -0.05) is 20.3 Å². The van der Waals surface area contributed by atoms with Gasteiger partial charge in [-0.2, -0.15) is 0 Å². The molecule has 66 valence electrons. The molecule has 2 heteroatoms. The van der Waals surface area contributed by atoms with Gasteiger partial charge in [-0.3, -0.25) is 0 Å². The first-order valence-corrected chi connectivity index (χ1v) is 5.65. The summed E-state index contributed by atoms with van der Waals surface area (Å²) in [4.78, 5) is 0. The number of thioether (sulfide) groups is 1. The maximum absolute atomic E-state index is 3.58. The Morgan fingerprint density at radius 2 is 2.36 bits per heavy atom. The second-order valence-electron chi connectivity index (χ2n) is 3.64. The van der Waals surface area contributed by atoms with Crippen LogP contribution >= 0.6 is 11.8 Å². The maximum atomic E-state index is 3.58. The normalized spacial score (nSPS) is 34.1. The summed E-state index contributed by atoms with van der Waals surface area (Å²) in [5, 5.41) is 4.32. The average molecular weight is 173 g/mol. The summed E-state index contributed by atoms with van der Waals surface area (Å²) in [6.45, 7) is 6.88. The molecule has 1 N–H and O–H groups in total. The van der Waals surface area contributed by atoms with Gasteiger partial charge in [-0.05, 0) is 19.3 Å². The van der Waals surface area contributed by atoms with Crippen molar-refractivity contribution in [3.05, 3.63) is 0 Å². The number of hydrogen-bond donors (Lipinski definition) is 1. The van der Waals surface area contributed by atoms with Crippen molar-refractivity contribution in [1.29, 1.82) is 0 Å². The monoisotopic (exact) mass is 173 g/mol. The van der Waals surface area contributed by atoms with E-state index in [2.05, 4.69) is 37.8 Å². The summed E-state index contributed by atoms with van der Waals surface area (Å²) >= 11 is 2.08. The predicted molar refractivity (Wildman–Crippen MR) is 52.9 cm³/mol. The highest BCUT2D eigenvalue weighted by Crippen LogP contribution is 2.24. The van der Waals surface area contributed by atoms with E-state index in [0.717, 1.165) is 17.3 Å². The molecule has 1 heterocycles. The molecule has 1 nitrogen and oxygen atoms in total. The van der Waals surface area contributed by atoms with Gasteiger partial charge in [0.05, 0.1) is 5.37 Å². The first kappa shape index (κ1) is 9.40. The molecule has 0 aromatic carbocycles.